The van der Waals surface area contributed by atoms with Crippen LogP contribution in [0.1, 0.15) is 13.8 Å². The summed E-state index contributed by atoms with van der Waals surface area (Å²) >= 11 is 0. The minimum Gasteiger partial charge on any atom is -0.496 e. The fourth-order valence-corrected chi connectivity index (χ4v) is 2.56. The van der Waals surface area contributed by atoms with Crippen LogP contribution in [0.4, 0.5) is 11.4 Å². The Balaban J connectivity index is 2.35. The molecule has 116 valence electrons. The van der Waals surface area contributed by atoms with Crippen molar-refractivity contribution >= 4 is 11.4 Å². The van der Waals surface area contributed by atoms with Gasteiger partial charge in [0.25, 0.3) is 5.69 Å². The number of benzene rings is 1. The second-order valence-electron chi connectivity index (χ2n) is 5.71. The molecule has 0 saturated carbocycles. The number of hydrogen-bond acceptors (Lipinski definition) is 6. The van der Waals surface area contributed by atoms with Crippen LogP contribution in [-0.4, -0.2) is 48.5 Å². The summed E-state index contributed by atoms with van der Waals surface area (Å²) in [6, 6.07) is 4.65. The number of methoxy groups -OCH3 is 1. The van der Waals surface area contributed by atoms with E-state index in [0.717, 1.165) is 0 Å². The quantitative estimate of drug-likeness (QED) is 0.670. The second-order valence-corrected chi connectivity index (χ2v) is 5.71. The summed E-state index contributed by atoms with van der Waals surface area (Å²) in [5.74, 6) is 0.434. The van der Waals surface area contributed by atoms with Gasteiger partial charge >= 0.3 is 0 Å². The van der Waals surface area contributed by atoms with Gasteiger partial charge in [-0.15, -0.1) is 0 Å². The molecular weight excluding hydrogens is 276 g/mol. The third kappa shape index (κ3) is 3.62. The lowest BCUT2D eigenvalue weighted by Crippen LogP contribution is -2.54. The molecule has 2 rings (SSSR count). The molecule has 1 aliphatic heterocycles. The lowest BCUT2D eigenvalue weighted by atomic mass is 10.0. The van der Waals surface area contributed by atoms with Crippen molar-refractivity contribution in [2.45, 2.75) is 25.6 Å². The maximum Gasteiger partial charge on any atom is 0.275 e. The normalized spacial score (nSPS) is 21.1. The van der Waals surface area contributed by atoms with Gasteiger partial charge < -0.3 is 19.5 Å². The molecule has 0 spiro atoms. The van der Waals surface area contributed by atoms with Gasteiger partial charge in [0.05, 0.1) is 36.4 Å². The first-order valence-corrected chi connectivity index (χ1v) is 6.72. The Labute approximate surface area is 123 Å². The van der Waals surface area contributed by atoms with E-state index in [2.05, 4.69) is 0 Å². The smallest absolute Gasteiger partial charge is 0.275 e. The van der Waals surface area contributed by atoms with Gasteiger partial charge in [-0.1, -0.05) is 0 Å². The van der Waals surface area contributed by atoms with Crippen LogP contribution < -0.4 is 9.64 Å². The molecule has 0 radical (unpaired) electrons. The highest BCUT2D eigenvalue weighted by Gasteiger charge is 2.33. The van der Waals surface area contributed by atoms with Gasteiger partial charge in [0.1, 0.15) is 5.75 Å². The molecule has 0 aromatic heterocycles. The highest BCUT2D eigenvalue weighted by atomic mass is 16.6. The van der Waals surface area contributed by atoms with Gasteiger partial charge in [0, 0.05) is 30.9 Å². The summed E-state index contributed by atoms with van der Waals surface area (Å²) in [5, 5.41) is 20.4. The van der Waals surface area contributed by atoms with Crippen molar-refractivity contribution in [3.63, 3.8) is 0 Å². The molecule has 1 atom stereocenters. The second kappa shape index (κ2) is 5.87. The maximum absolute atomic E-state index is 11.0. The topological polar surface area (TPSA) is 85.1 Å². The van der Waals surface area contributed by atoms with E-state index in [-0.39, 0.29) is 18.4 Å². The van der Waals surface area contributed by atoms with Crippen LogP contribution in [-0.2, 0) is 4.74 Å². The van der Waals surface area contributed by atoms with Crippen LogP contribution in [0.2, 0.25) is 0 Å². The van der Waals surface area contributed by atoms with Crippen molar-refractivity contribution in [1.82, 2.24) is 0 Å². The Bertz CT molecular complexity index is 532. The summed E-state index contributed by atoms with van der Waals surface area (Å²) < 4.78 is 10.9. The molecule has 1 aliphatic rings. The molecule has 7 heteroatoms. The van der Waals surface area contributed by atoms with Crippen molar-refractivity contribution in [2.75, 3.05) is 31.7 Å². The molecule has 7 nitrogen and oxygen atoms in total. The fraction of sp³-hybridized carbons (Fsp3) is 0.571. The number of nitro benzene ring substituents is 1. The van der Waals surface area contributed by atoms with E-state index in [4.69, 9.17) is 9.47 Å². The molecule has 1 saturated heterocycles. The standard InChI is InChI=1S/C14H20N2O5/c1-14(2)9-15(7-13(8-17)21-14)10-4-11(16(18)19)6-12(5-10)20-3/h4-6,13,17H,7-9H2,1-3H3. The Morgan fingerprint density at radius 1 is 1.52 bits per heavy atom. The summed E-state index contributed by atoms with van der Waals surface area (Å²) in [7, 11) is 1.47. The molecule has 1 aromatic rings. The Hall–Kier alpha value is -1.86. The summed E-state index contributed by atoms with van der Waals surface area (Å²) in [6.07, 6.45) is -0.320. The Morgan fingerprint density at radius 3 is 2.81 bits per heavy atom. The number of non-ortho nitro benzene ring substituents is 1. The number of rotatable bonds is 4. The zero-order valence-electron chi connectivity index (χ0n) is 12.4. The van der Waals surface area contributed by atoms with Crippen LogP contribution in [0.3, 0.4) is 0 Å². The molecule has 21 heavy (non-hydrogen) atoms. The number of hydrogen-bond donors (Lipinski definition) is 1. The molecule has 0 bridgehead atoms. The number of anilines is 1. The zero-order valence-corrected chi connectivity index (χ0v) is 12.4. The van der Waals surface area contributed by atoms with Crippen LogP contribution in [0, 0.1) is 10.1 Å². The van der Waals surface area contributed by atoms with E-state index in [9.17, 15) is 15.2 Å². The Kier molecular flexibility index (Phi) is 4.34. The summed E-state index contributed by atoms with van der Waals surface area (Å²) in [6.45, 7) is 4.82. The summed E-state index contributed by atoms with van der Waals surface area (Å²) in [4.78, 5) is 12.5. The maximum atomic E-state index is 11.0. The number of aliphatic hydroxyl groups excluding tert-OH is 1. The van der Waals surface area contributed by atoms with Crippen LogP contribution >= 0.6 is 0 Å². The first kappa shape index (κ1) is 15.5. The van der Waals surface area contributed by atoms with Crippen molar-refractivity contribution in [3.8, 4) is 5.75 Å². The average molecular weight is 296 g/mol. The van der Waals surface area contributed by atoms with E-state index >= 15 is 0 Å². The lowest BCUT2D eigenvalue weighted by Gasteiger charge is -2.43. The number of morpholine rings is 1. The molecule has 1 aromatic carbocycles. The first-order chi connectivity index (χ1) is 9.84. The van der Waals surface area contributed by atoms with Gasteiger partial charge in [-0.05, 0) is 13.8 Å². The fourth-order valence-electron chi connectivity index (χ4n) is 2.56. The third-order valence-electron chi connectivity index (χ3n) is 3.37. The number of nitro groups is 1. The predicted octanol–water partition coefficient (Wildman–Crippen LogP) is 1.58. The Morgan fingerprint density at radius 2 is 2.24 bits per heavy atom. The summed E-state index contributed by atoms with van der Waals surface area (Å²) in [5.41, 5.74) is 0.230. The monoisotopic (exact) mass is 296 g/mol. The first-order valence-electron chi connectivity index (χ1n) is 6.72. The minimum atomic E-state index is -0.443. The van der Waals surface area contributed by atoms with Gasteiger partial charge in [-0.2, -0.15) is 0 Å². The van der Waals surface area contributed by atoms with Crippen molar-refractivity contribution in [1.29, 1.82) is 0 Å². The molecule has 1 unspecified atom stereocenters. The van der Waals surface area contributed by atoms with E-state index < -0.39 is 10.5 Å². The van der Waals surface area contributed by atoms with E-state index in [1.165, 1.54) is 19.2 Å². The third-order valence-corrected chi connectivity index (χ3v) is 3.37. The van der Waals surface area contributed by atoms with E-state index in [1.54, 1.807) is 6.07 Å². The highest BCUT2D eigenvalue weighted by molar-refractivity contribution is 5.58. The average Bonchev–Trinajstić information content (AvgIpc) is 2.44. The SMILES string of the molecule is COc1cc(N2CC(CO)OC(C)(C)C2)cc([N+](=O)[O-])c1. The molecule has 1 fully saturated rings. The molecule has 1 heterocycles. The van der Waals surface area contributed by atoms with Crippen LogP contribution in [0.5, 0.6) is 5.75 Å². The number of nitrogens with zero attached hydrogens (tertiary/aromatic N) is 2. The van der Waals surface area contributed by atoms with E-state index in [1.807, 2.05) is 18.7 Å². The van der Waals surface area contributed by atoms with E-state index in [0.29, 0.717) is 24.5 Å². The number of ether oxygens (including phenoxy) is 2. The largest absolute Gasteiger partial charge is 0.496 e. The molecule has 0 amide bonds. The lowest BCUT2D eigenvalue weighted by molar-refractivity contribution is -0.384. The van der Waals surface area contributed by atoms with Crippen LogP contribution in [0.25, 0.3) is 0 Å². The van der Waals surface area contributed by atoms with Crippen molar-refractivity contribution < 1.29 is 19.5 Å². The minimum absolute atomic E-state index is 0.0193. The van der Waals surface area contributed by atoms with Gasteiger partial charge in [-0.3, -0.25) is 10.1 Å². The van der Waals surface area contributed by atoms with Gasteiger partial charge in [0.2, 0.25) is 0 Å². The van der Waals surface area contributed by atoms with Crippen molar-refractivity contribution in [2.24, 2.45) is 0 Å². The van der Waals surface area contributed by atoms with Crippen molar-refractivity contribution in [3.05, 3.63) is 28.3 Å². The van der Waals surface area contributed by atoms with Crippen LogP contribution in [0.15, 0.2) is 18.2 Å². The predicted molar refractivity (Wildman–Crippen MR) is 77.9 cm³/mol. The zero-order chi connectivity index (χ0) is 15.6. The van der Waals surface area contributed by atoms with Gasteiger partial charge in [-0.25, -0.2) is 0 Å². The molecular formula is C14H20N2O5. The number of aliphatic hydroxyl groups is 1. The highest BCUT2D eigenvalue weighted by Crippen LogP contribution is 2.32. The molecule has 1 N–H and O–H groups in total. The molecule has 0 aliphatic carbocycles. The van der Waals surface area contributed by atoms with Gasteiger partial charge in [0.15, 0.2) is 0 Å².